The number of hydrogen-bond donors (Lipinski definition) is 3. The number of amides is 3. The number of rotatable bonds is 5. The number of nitrogens with one attached hydrogen (secondary N) is 2. The van der Waals surface area contributed by atoms with Crippen LogP contribution >= 0.6 is 0 Å². The fraction of sp³-hybridized carbons (Fsp3) is 0.786. The molecule has 0 radical (unpaired) electrons. The van der Waals surface area contributed by atoms with Crippen LogP contribution in [-0.4, -0.2) is 53.1 Å². The summed E-state index contributed by atoms with van der Waals surface area (Å²) in [6.07, 6.45) is 1.69. The number of likely N-dealkylation sites (tertiary alicyclic amines) is 1. The van der Waals surface area contributed by atoms with Gasteiger partial charge in [-0.2, -0.15) is 0 Å². The fourth-order valence-corrected chi connectivity index (χ4v) is 2.41. The Kier molecular flexibility index (Phi) is 6.45. The molecular formula is C14H25N3O4. The first-order valence-electron chi connectivity index (χ1n) is 7.37. The summed E-state index contributed by atoms with van der Waals surface area (Å²) in [6.45, 7) is 6.37. The minimum atomic E-state index is -0.841. The van der Waals surface area contributed by atoms with E-state index in [9.17, 15) is 14.4 Å². The number of aliphatic carboxylic acids is 1. The van der Waals surface area contributed by atoms with Gasteiger partial charge in [-0.25, -0.2) is 4.79 Å². The summed E-state index contributed by atoms with van der Waals surface area (Å²) in [7, 11) is 0. The minimum absolute atomic E-state index is 0.0122. The Balaban J connectivity index is 2.47. The zero-order valence-electron chi connectivity index (χ0n) is 12.9. The summed E-state index contributed by atoms with van der Waals surface area (Å²) in [5, 5.41) is 14.2. The number of urea groups is 1. The Morgan fingerprint density at radius 2 is 1.90 bits per heavy atom. The van der Waals surface area contributed by atoms with Gasteiger partial charge in [0.1, 0.15) is 6.04 Å². The van der Waals surface area contributed by atoms with Gasteiger partial charge < -0.3 is 20.6 Å². The van der Waals surface area contributed by atoms with Gasteiger partial charge in [-0.15, -0.1) is 0 Å². The topological polar surface area (TPSA) is 98.7 Å². The highest BCUT2D eigenvalue weighted by atomic mass is 16.4. The van der Waals surface area contributed by atoms with Crippen molar-refractivity contribution >= 4 is 17.9 Å². The van der Waals surface area contributed by atoms with Crippen molar-refractivity contribution in [1.29, 1.82) is 0 Å². The molecule has 1 rings (SSSR count). The van der Waals surface area contributed by atoms with Crippen LogP contribution in [0, 0.1) is 5.92 Å². The number of carbonyl (C=O) groups excluding carboxylic acids is 2. The van der Waals surface area contributed by atoms with Crippen molar-refractivity contribution in [2.24, 2.45) is 5.92 Å². The normalized spacial score (nSPS) is 20.0. The van der Waals surface area contributed by atoms with Crippen LogP contribution < -0.4 is 10.6 Å². The van der Waals surface area contributed by atoms with Gasteiger partial charge in [0.05, 0.1) is 0 Å². The van der Waals surface area contributed by atoms with Crippen LogP contribution in [-0.2, 0) is 9.59 Å². The summed E-state index contributed by atoms with van der Waals surface area (Å²) in [5.41, 5.74) is 0. The van der Waals surface area contributed by atoms with Gasteiger partial charge in [-0.05, 0) is 39.5 Å². The first kappa shape index (κ1) is 17.3. The lowest BCUT2D eigenvalue weighted by atomic mass is 9.95. The van der Waals surface area contributed by atoms with Crippen LogP contribution in [0.1, 0.15) is 40.0 Å². The molecule has 1 aliphatic heterocycles. The van der Waals surface area contributed by atoms with Crippen molar-refractivity contribution < 1.29 is 19.5 Å². The molecule has 1 fully saturated rings. The van der Waals surface area contributed by atoms with E-state index in [-0.39, 0.29) is 30.3 Å². The molecule has 2 atom stereocenters. The second kappa shape index (κ2) is 7.85. The molecule has 1 saturated heterocycles. The quantitative estimate of drug-likeness (QED) is 0.699. The zero-order chi connectivity index (χ0) is 16.0. The first-order valence-corrected chi connectivity index (χ1v) is 7.37. The van der Waals surface area contributed by atoms with Gasteiger partial charge in [0, 0.05) is 25.6 Å². The molecule has 7 nitrogen and oxygen atoms in total. The smallest absolute Gasteiger partial charge is 0.318 e. The van der Waals surface area contributed by atoms with Crippen LogP contribution in [0.4, 0.5) is 4.79 Å². The highest BCUT2D eigenvalue weighted by Gasteiger charge is 2.27. The maximum atomic E-state index is 12.1. The SMILES string of the molecule is CC(C)NC(=O)C(C)NC(=O)N1CCCC(CC(=O)O)C1. The summed E-state index contributed by atoms with van der Waals surface area (Å²) >= 11 is 0. The molecule has 0 aromatic rings. The third-order valence-corrected chi connectivity index (χ3v) is 3.43. The lowest BCUT2D eigenvalue weighted by Crippen LogP contribution is -2.52. The molecule has 0 saturated carbocycles. The number of hydrogen-bond acceptors (Lipinski definition) is 3. The van der Waals surface area contributed by atoms with E-state index in [0.29, 0.717) is 13.1 Å². The lowest BCUT2D eigenvalue weighted by Gasteiger charge is -2.32. The van der Waals surface area contributed by atoms with E-state index in [1.54, 1.807) is 11.8 Å². The molecule has 0 bridgehead atoms. The predicted molar refractivity (Wildman–Crippen MR) is 77.8 cm³/mol. The monoisotopic (exact) mass is 299 g/mol. The van der Waals surface area contributed by atoms with Crippen LogP contribution in [0.2, 0.25) is 0 Å². The van der Waals surface area contributed by atoms with Gasteiger partial charge in [0.25, 0.3) is 0 Å². The number of piperidine rings is 1. The van der Waals surface area contributed by atoms with Gasteiger partial charge in [0.15, 0.2) is 0 Å². The van der Waals surface area contributed by atoms with Crippen molar-refractivity contribution in [2.45, 2.75) is 52.1 Å². The second-order valence-electron chi connectivity index (χ2n) is 5.89. The molecule has 3 amide bonds. The van der Waals surface area contributed by atoms with Gasteiger partial charge in [0.2, 0.25) is 5.91 Å². The molecule has 0 spiro atoms. The Morgan fingerprint density at radius 1 is 1.24 bits per heavy atom. The largest absolute Gasteiger partial charge is 0.481 e. The molecule has 21 heavy (non-hydrogen) atoms. The van der Waals surface area contributed by atoms with E-state index >= 15 is 0 Å². The highest BCUT2D eigenvalue weighted by molar-refractivity contribution is 5.86. The van der Waals surface area contributed by atoms with E-state index < -0.39 is 12.0 Å². The predicted octanol–water partition coefficient (Wildman–Crippen LogP) is 0.796. The van der Waals surface area contributed by atoms with Crippen molar-refractivity contribution in [3.63, 3.8) is 0 Å². The van der Waals surface area contributed by atoms with Gasteiger partial charge >= 0.3 is 12.0 Å². The Morgan fingerprint density at radius 3 is 2.48 bits per heavy atom. The van der Waals surface area contributed by atoms with E-state index in [4.69, 9.17) is 5.11 Å². The molecule has 7 heteroatoms. The van der Waals surface area contributed by atoms with Crippen LogP contribution in [0.5, 0.6) is 0 Å². The minimum Gasteiger partial charge on any atom is -0.481 e. The average molecular weight is 299 g/mol. The van der Waals surface area contributed by atoms with E-state index in [0.717, 1.165) is 12.8 Å². The average Bonchev–Trinajstić information content (AvgIpc) is 2.37. The van der Waals surface area contributed by atoms with Crippen molar-refractivity contribution in [2.75, 3.05) is 13.1 Å². The molecule has 3 N–H and O–H groups in total. The molecule has 120 valence electrons. The highest BCUT2D eigenvalue weighted by Crippen LogP contribution is 2.19. The number of carboxylic acids is 1. The maximum Gasteiger partial charge on any atom is 0.318 e. The molecule has 0 aromatic heterocycles. The van der Waals surface area contributed by atoms with Crippen LogP contribution in [0.15, 0.2) is 0 Å². The molecule has 0 aliphatic carbocycles. The lowest BCUT2D eigenvalue weighted by molar-refractivity contribution is -0.138. The fourth-order valence-electron chi connectivity index (χ4n) is 2.41. The Bertz CT molecular complexity index is 398. The van der Waals surface area contributed by atoms with Crippen molar-refractivity contribution in [3.05, 3.63) is 0 Å². The number of carbonyl (C=O) groups is 3. The summed E-state index contributed by atoms with van der Waals surface area (Å²) in [5.74, 6) is -1.08. The Hall–Kier alpha value is -1.79. The van der Waals surface area contributed by atoms with Crippen LogP contribution in [0.3, 0.4) is 0 Å². The van der Waals surface area contributed by atoms with Crippen molar-refractivity contribution in [3.8, 4) is 0 Å². The van der Waals surface area contributed by atoms with Crippen LogP contribution in [0.25, 0.3) is 0 Å². The number of carboxylic acid groups (broad SMARTS) is 1. The van der Waals surface area contributed by atoms with E-state index in [1.807, 2.05) is 13.8 Å². The third kappa shape index (κ3) is 6.01. The van der Waals surface area contributed by atoms with E-state index in [1.165, 1.54) is 0 Å². The molecule has 1 heterocycles. The standard InChI is InChI=1S/C14H25N3O4/c1-9(2)15-13(20)10(3)16-14(21)17-6-4-5-11(8-17)7-12(18)19/h9-11H,4-8H2,1-3H3,(H,15,20)(H,16,21)(H,18,19). The molecule has 2 unspecified atom stereocenters. The second-order valence-corrected chi connectivity index (χ2v) is 5.89. The maximum absolute atomic E-state index is 12.1. The summed E-state index contributed by atoms with van der Waals surface area (Å²) < 4.78 is 0. The summed E-state index contributed by atoms with van der Waals surface area (Å²) in [6, 6.07) is -0.900. The Labute approximate surface area is 125 Å². The molecular weight excluding hydrogens is 274 g/mol. The first-order chi connectivity index (χ1) is 9.79. The van der Waals surface area contributed by atoms with E-state index in [2.05, 4.69) is 10.6 Å². The van der Waals surface area contributed by atoms with Gasteiger partial charge in [-0.1, -0.05) is 0 Å². The molecule has 1 aliphatic rings. The third-order valence-electron chi connectivity index (χ3n) is 3.43. The van der Waals surface area contributed by atoms with Crippen molar-refractivity contribution in [1.82, 2.24) is 15.5 Å². The molecule has 0 aromatic carbocycles. The summed E-state index contributed by atoms with van der Waals surface area (Å²) in [4.78, 5) is 36.2. The van der Waals surface area contributed by atoms with Gasteiger partial charge in [-0.3, -0.25) is 9.59 Å². The zero-order valence-corrected chi connectivity index (χ0v) is 12.9. The number of nitrogens with zero attached hydrogens (tertiary/aromatic N) is 1.